The molecule has 0 radical (unpaired) electrons. The predicted molar refractivity (Wildman–Crippen MR) is 88.8 cm³/mol. The minimum atomic E-state index is 0.572. The van der Waals surface area contributed by atoms with Gasteiger partial charge in [-0.3, -0.25) is 0 Å². The van der Waals surface area contributed by atoms with Gasteiger partial charge in [-0.25, -0.2) is 0 Å². The van der Waals surface area contributed by atoms with Crippen molar-refractivity contribution >= 4 is 5.69 Å². The third-order valence-corrected chi connectivity index (χ3v) is 3.50. The van der Waals surface area contributed by atoms with Gasteiger partial charge in [-0.1, -0.05) is 30.3 Å². The molecule has 0 spiro atoms. The van der Waals surface area contributed by atoms with E-state index in [1.807, 2.05) is 30.3 Å². The molecule has 2 N–H and O–H groups in total. The Labute approximate surface area is 127 Å². The SMILES string of the molecule is CCN(CCCOc1ccc(CN)cc1)c1ccccc1. The Morgan fingerprint density at radius 3 is 2.33 bits per heavy atom. The maximum absolute atomic E-state index is 5.77. The third-order valence-electron chi connectivity index (χ3n) is 3.50. The smallest absolute Gasteiger partial charge is 0.119 e. The number of ether oxygens (including phenoxy) is 1. The molecule has 0 aliphatic carbocycles. The van der Waals surface area contributed by atoms with E-state index in [0.29, 0.717) is 6.54 Å². The highest BCUT2D eigenvalue weighted by molar-refractivity contribution is 5.45. The number of nitrogens with zero attached hydrogens (tertiary/aromatic N) is 1. The highest BCUT2D eigenvalue weighted by Crippen LogP contribution is 2.14. The molecule has 0 aliphatic rings. The molecule has 3 heteroatoms. The number of anilines is 1. The van der Waals surface area contributed by atoms with Crippen molar-refractivity contribution < 1.29 is 4.74 Å². The zero-order valence-electron chi connectivity index (χ0n) is 12.7. The van der Waals surface area contributed by atoms with Gasteiger partial charge in [0.2, 0.25) is 0 Å². The Balaban J connectivity index is 1.75. The van der Waals surface area contributed by atoms with Gasteiger partial charge >= 0.3 is 0 Å². The fourth-order valence-electron chi connectivity index (χ4n) is 2.28. The van der Waals surface area contributed by atoms with Crippen LogP contribution >= 0.6 is 0 Å². The summed E-state index contributed by atoms with van der Waals surface area (Å²) in [5.74, 6) is 0.912. The van der Waals surface area contributed by atoms with Crippen LogP contribution in [0.3, 0.4) is 0 Å². The third kappa shape index (κ3) is 4.80. The number of para-hydroxylation sites is 1. The van der Waals surface area contributed by atoms with Gasteiger partial charge < -0.3 is 15.4 Å². The first-order chi connectivity index (χ1) is 10.3. The van der Waals surface area contributed by atoms with Crippen molar-refractivity contribution in [2.75, 3.05) is 24.6 Å². The molecular weight excluding hydrogens is 260 g/mol. The second-order valence-corrected chi connectivity index (χ2v) is 4.97. The van der Waals surface area contributed by atoms with E-state index in [1.54, 1.807) is 0 Å². The maximum atomic E-state index is 5.77. The molecule has 0 aliphatic heterocycles. The molecule has 2 aromatic carbocycles. The monoisotopic (exact) mass is 284 g/mol. The zero-order valence-corrected chi connectivity index (χ0v) is 12.7. The largest absolute Gasteiger partial charge is 0.494 e. The highest BCUT2D eigenvalue weighted by atomic mass is 16.5. The summed E-state index contributed by atoms with van der Waals surface area (Å²) in [4.78, 5) is 2.36. The summed E-state index contributed by atoms with van der Waals surface area (Å²) in [6.07, 6.45) is 1.00. The highest BCUT2D eigenvalue weighted by Gasteiger charge is 2.03. The summed E-state index contributed by atoms with van der Waals surface area (Å²) >= 11 is 0. The Bertz CT molecular complexity index is 511. The normalized spacial score (nSPS) is 10.4. The van der Waals surface area contributed by atoms with E-state index in [0.717, 1.165) is 37.4 Å². The summed E-state index contributed by atoms with van der Waals surface area (Å²) in [5.41, 5.74) is 7.98. The first-order valence-corrected chi connectivity index (χ1v) is 7.55. The molecule has 2 aromatic rings. The van der Waals surface area contributed by atoms with Crippen LogP contribution in [0.1, 0.15) is 18.9 Å². The molecule has 3 nitrogen and oxygen atoms in total. The molecule has 0 saturated carbocycles. The van der Waals surface area contributed by atoms with Gasteiger partial charge in [0, 0.05) is 25.3 Å². The lowest BCUT2D eigenvalue weighted by Gasteiger charge is -2.23. The Kier molecular flexibility index (Phi) is 6.10. The molecule has 0 heterocycles. The molecule has 0 atom stereocenters. The number of rotatable bonds is 8. The molecule has 0 aromatic heterocycles. The van der Waals surface area contributed by atoms with Crippen LogP contribution in [0.25, 0.3) is 0 Å². The molecule has 112 valence electrons. The second kappa shape index (κ2) is 8.32. The number of hydrogen-bond acceptors (Lipinski definition) is 3. The van der Waals surface area contributed by atoms with Crippen molar-refractivity contribution in [2.24, 2.45) is 5.73 Å². The number of hydrogen-bond donors (Lipinski definition) is 1. The van der Waals surface area contributed by atoms with Crippen molar-refractivity contribution in [3.05, 3.63) is 60.2 Å². The van der Waals surface area contributed by atoms with Gasteiger partial charge in [-0.05, 0) is 43.2 Å². The van der Waals surface area contributed by atoms with Gasteiger partial charge in [0.1, 0.15) is 5.75 Å². The van der Waals surface area contributed by atoms with E-state index in [1.165, 1.54) is 5.69 Å². The molecule has 0 saturated heterocycles. The zero-order chi connectivity index (χ0) is 14.9. The Hall–Kier alpha value is -2.00. The predicted octanol–water partition coefficient (Wildman–Crippen LogP) is 3.44. The average molecular weight is 284 g/mol. The maximum Gasteiger partial charge on any atom is 0.119 e. The molecule has 2 rings (SSSR count). The topological polar surface area (TPSA) is 38.5 Å². The van der Waals surface area contributed by atoms with Crippen LogP contribution in [0.5, 0.6) is 5.75 Å². The van der Waals surface area contributed by atoms with Crippen LogP contribution in [-0.2, 0) is 6.54 Å². The van der Waals surface area contributed by atoms with Crippen molar-refractivity contribution in [1.29, 1.82) is 0 Å². The van der Waals surface area contributed by atoms with Gasteiger partial charge in [-0.2, -0.15) is 0 Å². The lowest BCUT2D eigenvalue weighted by Crippen LogP contribution is -2.25. The lowest BCUT2D eigenvalue weighted by molar-refractivity contribution is 0.312. The van der Waals surface area contributed by atoms with Crippen LogP contribution in [0, 0.1) is 0 Å². The summed E-state index contributed by atoms with van der Waals surface area (Å²) in [6.45, 7) is 5.49. The Morgan fingerprint density at radius 2 is 1.71 bits per heavy atom. The molecule has 0 unspecified atom stereocenters. The molecule has 21 heavy (non-hydrogen) atoms. The van der Waals surface area contributed by atoms with Crippen molar-refractivity contribution in [1.82, 2.24) is 0 Å². The lowest BCUT2D eigenvalue weighted by atomic mass is 10.2. The quantitative estimate of drug-likeness (QED) is 0.755. The first kappa shape index (κ1) is 15.4. The van der Waals surface area contributed by atoms with Crippen LogP contribution in [-0.4, -0.2) is 19.7 Å². The van der Waals surface area contributed by atoms with Gasteiger partial charge in [0.05, 0.1) is 6.61 Å². The van der Waals surface area contributed by atoms with E-state index in [-0.39, 0.29) is 0 Å². The van der Waals surface area contributed by atoms with Crippen LogP contribution in [0.15, 0.2) is 54.6 Å². The van der Waals surface area contributed by atoms with Gasteiger partial charge in [-0.15, -0.1) is 0 Å². The van der Waals surface area contributed by atoms with Crippen molar-refractivity contribution in [2.45, 2.75) is 19.9 Å². The first-order valence-electron chi connectivity index (χ1n) is 7.55. The summed E-state index contributed by atoms with van der Waals surface area (Å²) < 4.78 is 5.77. The van der Waals surface area contributed by atoms with E-state index in [4.69, 9.17) is 10.5 Å². The number of nitrogens with two attached hydrogens (primary N) is 1. The molecule has 0 fully saturated rings. The summed E-state index contributed by atoms with van der Waals surface area (Å²) in [6, 6.07) is 18.5. The van der Waals surface area contributed by atoms with Crippen LogP contribution < -0.4 is 15.4 Å². The number of benzene rings is 2. The fourth-order valence-corrected chi connectivity index (χ4v) is 2.28. The standard InChI is InChI=1S/C18H24N2O/c1-2-20(17-7-4-3-5-8-17)13-6-14-21-18-11-9-16(15-19)10-12-18/h3-5,7-12H,2,6,13-15,19H2,1H3. The average Bonchev–Trinajstić information content (AvgIpc) is 2.56. The van der Waals surface area contributed by atoms with E-state index in [9.17, 15) is 0 Å². The summed E-state index contributed by atoms with van der Waals surface area (Å²) in [7, 11) is 0. The van der Waals surface area contributed by atoms with E-state index >= 15 is 0 Å². The fraction of sp³-hybridized carbons (Fsp3) is 0.333. The Morgan fingerprint density at radius 1 is 1.00 bits per heavy atom. The van der Waals surface area contributed by atoms with E-state index in [2.05, 4.69) is 36.1 Å². The van der Waals surface area contributed by atoms with E-state index < -0.39 is 0 Å². The molecule has 0 bridgehead atoms. The van der Waals surface area contributed by atoms with Crippen LogP contribution in [0.4, 0.5) is 5.69 Å². The van der Waals surface area contributed by atoms with Crippen molar-refractivity contribution in [3.8, 4) is 5.75 Å². The summed E-state index contributed by atoms with van der Waals surface area (Å²) in [5, 5.41) is 0. The second-order valence-electron chi connectivity index (χ2n) is 4.97. The minimum Gasteiger partial charge on any atom is -0.494 e. The molecule has 0 amide bonds. The van der Waals surface area contributed by atoms with Gasteiger partial charge in [0.25, 0.3) is 0 Å². The minimum absolute atomic E-state index is 0.572. The van der Waals surface area contributed by atoms with Gasteiger partial charge in [0.15, 0.2) is 0 Å². The van der Waals surface area contributed by atoms with Crippen molar-refractivity contribution in [3.63, 3.8) is 0 Å². The van der Waals surface area contributed by atoms with Crippen LogP contribution in [0.2, 0.25) is 0 Å². The molecular formula is C18H24N2O.